The Bertz CT molecular complexity index is 1370. The van der Waals surface area contributed by atoms with Crippen molar-refractivity contribution in [3.8, 4) is 45.1 Å². The number of fused-ring (bicyclic) bond motifs is 1. The normalized spacial score (nSPS) is 10.9. The first-order valence-electron chi connectivity index (χ1n) is 9.94. The van der Waals surface area contributed by atoms with Crippen LogP contribution in [-0.2, 0) is 0 Å². The zero-order chi connectivity index (χ0) is 21.2. The Hall–Kier alpha value is -4.18. The van der Waals surface area contributed by atoms with Crippen LogP contribution in [0, 0.1) is 6.07 Å². The second-order valence-corrected chi connectivity index (χ2v) is 7.13. The van der Waals surface area contributed by atoms with Crippen molar-refractivity contribution in [2.75, 3.05) is 7.11 Å². The van der Waals surface area contributed by atoms with Crippen molar-refractivity contribution in [1.82, 2.24) is 9.97 Å². The molecular weight excluding hydrogens is 384 g/mol. The summed E-state index contributed by atoms with van der Waals surface area (Å²) in [5.74, 6) is 0.673. The number of pyridine rings is 2. The van der Waals surface area contributed by atoms with E-state index in [0.29, 0.717) is 10.9 Å². The number of nitrogens with zero attached hydrogens (tertiary/aromatic N) is 2. The van der Waals surface area contributed by atoms with Crippen molar-refractivity contribution >= 4 is 10.9 Å². The van der Waals surface area contributed by atoms with Gasteiger partial charge in [0.15, 0.2) is 0 Å². The fourth-order valence-corrected chi connectivity index (χ4v) is 3.81. The number of aromatic hydroxyl groups is 1. The summed E-state index contributed by atoms with van der Waals surface area (Å²) < 4.78 is 5.56. The molecule has 31 heavy (non-hydrogen) atoms. The molecule has 2 heterocycles. The van der Waals surface area contributed by atoms with Gasteiger partial charge in [0, 0.05) is 28.5 Å². The largest absolute Gasteiger partial charge is 0.496 e. The average molecular weight is 403 g/mol. The number of ether oxygens (including phenoxy) is 1. The highest BCUT2D eigenvalue weighted by Crippen LogP contribution is 2.40. The lowest BCUT2D eigenvalue weighted by Crippen LogP contribution is -1.96. The van der Waals surface area contributed by atoms with Crippen LogP contribution >= 0.6 is 0 Å². The third-order valence-electron chi connectivity index (χ3n) is 5.31. The van der Waals surface area contributed by atoms with E-state index in [2.05, 4.69) is 11.1 Å². The topological polar surface area (TPSA) is 55.2 Å². The predicted octanol–water partition coefficient (Wildman–Crippen LogP) is 6.15. The number of methoxy groups -OCH3 is 1. The van der Waals surface area contributed by atoms with E-state index in [0.717, 1.165) is 39.3 Å². The Morgan fingerprint density at radius 2 is 1.55 bits per heavy atom. The number of aromatic nitrogens is 2. The first-order valence-corrected chi connectivity index (χ1v) is 9.94. The van der Waals surface area contributed by atoms with E-state index in [1.807, 2.05) is 84.9 Å². The third kappa shape index (κ3) is 3.38. The van der Waals surface area contributed by atoms with E-state index in [4.69, 9.17) is 9.72 Å². The molecule has 4 nitrogen and oxygen atoms in total. The molecule has 0 saturated heterocycles. The molecule has 1 N–H and O–H groups in total. The van der Waals surface area contributed by atoms with Gasteiger partial charge in [-0.1, -0.05) is 72.8 Å². The maximum atomic E-state index is 10.6. The van der Waals surface area contributed by atoms with Gasteiger partial charge >= 0.3 is 0 Å². The van der Waals surface area contributed by atoms with Gasteiger partial charge in [0.1, 0.15) is 5.75 Å². The van der Waals surface area contributed by atoms with Gasteiger partial charge in [-0.2, -0.15) is 0 Å². The summed E-state index contributed by atoms with van der Waals surface area (Å²) in [5.41, 5.74) is 6.08. The molecule has 0 atom stereocenters. The molecule has 3 aromatic carbocycles. The molecule has 5 rings (SSSR count). The minimum atomic E-state index is -0.0497. The fourth-order valence-electron chi connectivity index (χ4n) is 3.81. The summed E-state index contributed by atoms with van der Waals surface area (Å²) in [6.45, 7) is 0. The first-order chi connectivity index (χ1) is 15.3. The van der Waals surface area contributed by atoms with E-state index in [9.17, 15) is 5.11 Å². The van der Waals surface area contributed by atoms with Crippen LogP contribution in [0.5, 0.6) is 11.6 Å². The lowest BCUT2D eigenvalue weighted by atomic mass is 9.96. The van der Waals surface area contributed by atoms with Crippen LogP contribution in [0.1, 0.15) is 0 Å². The van der Waals surface area contributed by atoms with E-state index < -0.39 is 0 Å². The summed E-state index contributed by atoms with van der Waals surface area (Å²) in [6, 6.07) is 30.5. The molecule has 149 valence electrons. The molecule has 0 fully saturated rings. The van der Waals surface area contributed by atoms with E-state index in [1.165, 1.54) is 0 Å². The Kier molecular flexibility index (Phi) is 4.81. The molecule has 0 spiro atoms. The summed E-state index contributed by atoms with van der Waals surface area (Å²) in [6.07, 6.45) is 1.65. The van der Waals surface area contributed by atoms with Gasteiger partial charge in [-0.15, -0.1) is 0 Å². The maximum absolute atomic E-state index is 10.6. The first kappa shape index (κ1) is 18.8. The van der Waals surface area contributed by atoms with Crippen LogP contribution in [0.15, 0.2) is 91.1 Å². The van der Waals surface area contributed by atoms with Gasteiger partial charge in [0.25, 0.3) is 0 Å². The van der Waals surface area contributed by atoms with E-state index in [-0.39, 0.29) is 5.88 Å². The zero-order valence-corrected chi connectivity index (χ0v) is 16.9. The minimum Gasteiger partial charge on any atom is -0.496 e. The number of para-hydroxylation sites is 1. The molecular formula is C27H19N2O2. The van der Waals surface area contributed by atoms with Crippen LogP contribution in [0.4, 0.5) is 0 Å². The standard InChI is InChI=1S/C27H19N2O2/c1-31-24-15-9-8-14-20(24)23-17-28-27(30)22-16-21(18-10-4-2-5-11-18)25(29-26(22)23)19-12-6-3-7-13-19/h2,4-17H,1H3,(H,28,30). The fraction of sp³-hybridized carbons (Fsp3) is 0.0370. The summed E-state index contributed by atoms with van der Waals surface area (Å²) in [4.78, 5) is 9.32. The number of benzene rings is 3. The number of hydrogen-bond donors (Lipinski definition) is 1. The molecule has 0 unspecified atom stereocenters. The van der Waals surface area contributed by atoms with Crippen LogP contribution in [0.25, 0.3) is 44.4 Å². The molecule has 4 heteroatoms. The Morgan fingerprint density at radius 1 is 0.806 bits per heavy atom. The van der Waals surface area contributed by atoms with Crippen LogP contribution in [-0.4, -0.2) is 22.2 Å². The highest BCUT2D eigenvalue weighted by molar-refractivity contribution is 6.01. The SMILES string of the molecule is COc1ccccc1-c1cnc(O)c2cc(-c3ccccc3)c(-c3cc[c]cc3)nc12. The van der Waals surface area contributed by atoms with Gasteiger partial charge in [0.05, 0.1) is 23.7 Å². The lowest BCUT2D eigenvalue weighted by molar-refractivity contribution is 0.416. The average Bonchev–Trinajstić information content (AvgIpc) is 2.85. The lowest BCUT2D eigenvalue weighted by Gasteiger charge is -2.15. The van der Waals surface area contributed by atoms with Crippen LogP contribution < -0.4 is 4.74 Å². The van der Waals surface area contributed by atoms with Gasteiger partial charge in [-0.05, 0) is 23.8 Å². The van der Waals surface area contributed by atoms with Crippen molar-refractivity contribution < 1.29 is 9.84 Å². The van der Waals surface area contributed by atoms with Gasteiger partial charge in [0.2, 0.25) is 5.88 Å². The summed E-state index contributed by atoms with van der Waals surface area (Å²) >= 11 is 0. The second kappa shape index (κ2) is 7.92. The van der Waals surface area contributed by atoms with Crippen molar-refractivity contribution in [2.45, 2.75) is 0 Å². The number of rotatable bonds is 4. The van der Waals surface area contributed by atoms with Gasteiger partial charge in [-0.25, -0.2) is 9.97 Å². The highest BCUT2D eigenvalue weighted by atomic mass is 16.5. The predicted molar refractivity (Wildman–Crippen MR) is 123 cm³/mol. The van der Waals surface area contributed by atoms with E-state index >= 15 is 0 Å². The minimum absolute atomic E-state index is 0.0497. The van der Waals surface area contributed by atoms with Crippen LogP contribution in [0.2, 0.25) is 0 Å². The maximum Gasteiger partial charge on any atom is 0.220 e. The monoisotopic (exact) mass is 403 g/mol. The molecule has 0 bridgehead atoms. The highest BCUT2D eigenvalue weighted by Gasteiger charge is 2.18. The van der Waals surface area contributed by atoms with Gasteiger partial charge in [-0.3, -0.25) is 0 Å². The molecule has 0 saturated carbocycles. The van der Waals surface area contributed by atoms with Crippen molar-refractivity contribution in [3.05, 3.63) is 97.2 Å². The van der Waals surface area contributed by atoms with Crippen molar-refractivity contribution in [3.63, 3.8) is 0 Å². The quantitative estimate of drug-likeness (QED) is 0.391. The Morgan fingerprint density at radius 3 is 2.32 bits per heavy atom. The molecule has 0 aliphatic rings. The van der Waals surface area contributed by atoms with Crippen molar-refractivity contribution in [2.24, 2.45) is 0 Å². The Balaban J connectivity index is 1.87. The molecule has 0 aliphatic carbocycles. The molecule has 0 aliphatic heterocycles. The van der Waals surface area contributed by atoms with Gasteiger partial charge < -0.3 is 9.84 Å². The Labute approximate surface area is 180 Å². The second-order valence-electron chi connectivity index (χ2n) is 7.13. The summed E-state index contributed by atoms with van der Waals surface area (Å²) in [5, 5.41) is 11.2. The number of hydrogen-bond acceptors (Lipinski definition) is 4. The molecule has 1 radical (unpaired) electrons. The van der Waals surface area contributed by atoms with Crippen molar-refractivity contribution in [1.29, 1.82) is 0 Å². The molecule has 5 aromatic rings. The third-order valence-corrected chi connectivity index (χ3v) is 5.31. The zero-order valence-electron chi connectivity index (χ0n) is 16.9. The molecule has 0 amide bonds. The smallest absolute Gasteiger partial charge is 0.220 e. The van der Waals surface area contributed by atoms with Crippen LogP contribution in [0.3, 0.4) is 0 Å². The van der Waals surface area contributed by atoms with E-state index in [1.54, 1.807) is 13.3 Å². The summed E-state index contributed by atoms with van der Waals surface area (Å²) in [7, 11) is 1.64. The molecule has 2 aromatic heterocycles.